The normalized spacial score (nSPS) is 16.3. The highest BCUT2D eigenvalue weighted by Gasteiger charge is 2.31. The van der Waals surface area contributed by atoms with Gasteiger partial charge < -0.3 is 14.6 Å². The predicted molar refractivity (Wildman–Crippen MR) is 57.1 cm³/mol. The lowest BCUT2D eigenvalue weighted by Gasteiger charge is -2.30. The Hall–Kier alpha value is -0.120. The zero-order valence-electron chi connectivity index (χ0n) is 10.0. The average Bonchev–Trinajstić information content (AvgIpc) is 2.04. The fraction of sp³-hybridized carbons (Fsp3) is 1.00. The van der Waals surface area contributed by atoms with Crippen molar-refractivity contribution in [3.05, 3.63) is 0 Å². The van der Waals surface area contributed by atoms with Gasteiger partial charge in [0.25, 0.3) is 0 Å². The molecule has 0 rings (SSSR count). The van der Waals surface area contributed by atoms with Crippen LogP contribution in [0.4, 0.5) is 0 Å². The van der Waals surface area contributed by atoms with Crippen LogP contribution in [0.3, 0.4) is 0 Å². The molecule has 0 aliphatic heterocycles. The highest BCUT2D eigenvalue weighted by Crippen LogP contribution is 2.22. The molecule has 0 aliphatic rings. The maximum Gasteiger partial charge on any atom is 0.185 e. The largest absolute Gasteiger partial charge is 0.385 e. The van der Waals surface area contributed by atoms with E-state index in [2.05, 4.69) is 13.8 Å². The lowest BCUT2D eigenvalue weighted by molar-refractivity contribution is -0.210. The molecule has 0 radical (unpaired) electrons. The van der Waals surface area contributed by atoms with E-state index in [0.717, 1.165) is 12.8 Å². The Balaban J connectivity index is 3.92. The van der Waals surface area contributed by atoms with Crippen LogP contribution in [-0.4, -0.2) is 31.2 Å². The number of hydrogen-bond donors (Lipinski definition) is 1. The zero-order chi connectivity index (χ0) is 11.2. The van der Waals surface area contributed by atoms with Crippen molar-refractivity contribution >= 4 is 0 Å². The molecule has 0 heterocycles. The standard InChI is InChI=1S/C11H24O3/c1-9(2)7-6-8-11(3,12)10(13-4)14-5/h9-10,12H,6-8H2,1-5H3. The van der Waals surface area contributed by atoms with Gasteiger partial charge in [0, 0.05) is 14.2 Å². The van der Waals surface area contributed by atoms with E-state index in [0.29, 0.717) is 12.3 Å². The molecule has 0 spiro atoms. The lowest BCUT2D eigenvalue weighted by atomic mass is 9.95. The van der Waals surface area contributed by atoms with Gasteiger partial charge in [0.05, 0.1) is 0 Å². The second kappa shape index (κ2) is 6.38. The first kappa shape index (κ1) is 13.9. The molecular formula is C11H24O3. The summed E-state index contributed by atoms with van der Waals surface area (Å²) in [6.07, 6.45) is 2.29. The summed E-state index contributed by atoms with van der Waals surface area (Å²) >= 11 is 0. The van der Waals surface area contributed by atoms with Crippen molar-refractivity contribution < 1.29 is 14.6 Å². The van der Waals surface area contributed by atoms with E-state index in [9.17, 15) is 5.11 Å². The minimum absolute atomic E-state index is 0.533. The van der Waals surface area contributed by atoms with Gasteiger partial charge in [0.1, 0.15) is 5.60 Å². The van der Waals surface area contributed by atoms with Crippen LogP contribution in [0.2, 0.25) is 0 Å². The fourth-order valence-electron chi connectivity index (χ4n) is 1.59. The van der Waals surface area contributed by atoms with Crippen molar-refractivity contribution in [3.63, 3.8) is 0 Å². The molecule has 1 N–H and O–H groups in total. The molecule has 0 aromatic heterocycles. The molecule has 0 fully saturated rings. The number of hydrogen-bond acceptors (Lipinski definition) is 3. The van der Waals surface area contributed by atoms with Crippen LogP contribution < -0.4 is 0 Å². The molecule has 0 saturated heterocycles. The third-order valence-corrected chi connectivity index (χ3v) is 2.40. The summed E-state index contributed by atoms with van der Waals surface area (Å²) < 4.78 is 10.1. The van der Waals surface area contributed by atoms with Crippen molar-refractivity contribution in [2.75, 3.05) is 14.2 Å². The molecule has 14 heavy (non-hydrogen) atoms. The molecule has 0 saturated carbocycles. The summed E-state index contributed by atoms with van der Waals surface area (Å²) in [7, 11) is 3.09. The molecule has 0 aromatic rings. The van der Waals surface area contributed by atoms with Crippen LogP contribution in [-0.2, 0) is 9.47 Å². The number of aliphatic hydroxyl groups is 1. The second-order valence-corrected chi connectivity index (χ2v) is 4.45. The summed E-state index contributed by atoms with van der Waals surface area (Å²) in [5, 5.41) is 10.0. The van der Waals surface area contributed by atoms with Gasteiger partial charge in [-0.3, -0.25) is 0 Å². The van der Waals surface area contributed by atoms with E-state index in [1.165, 1.54) is 0 Å². The average molecular weight is 204 g/mol. The third-order valence-electron chi connectivity index (χ3n) is 2.40. The first-order valence-corrected chi connectivity index (χ1v) is 5.22. The zero-order valence-corrected chi connectivity index (χ0v) is 10.0. The maximum atomic E-state index is 10.0. The topological polar surface area (TPSA) is 38.7 Å². The van der Waals surface area contributed by atoms with Crippen LogP contribution in [0.5, 0.6) is 0 Å². The van der Waals surface area contributed by atoms with E-state index in [1.807, 2.05) is 0 Å². The second-order valence-electron chi connectivity index (χ2n) is 4.45. The Morgan fingerprint density at radius 2 is 1.71 bits per heavy atom. The molecule has 3 heteroatoms. The Morgan fingerprint density at radius 3 is 2.07 bits per heavy atom. The van der Waals surface area contributed by atoms with Gasteiger partial charge in [-0.25, -0.2) is 0 Å². The number of methoxy groups -OCH3 is 2. The smallest absolute Gasteiger partial charge is 0.185 e. The Kier molecular flexibility index (Phi) is 6.33. The van der Waals surface area contributed by atoms with Gasteiger partial charge >= 0.3 is 0 Å². The van der Waals surface area contributed by atoms with Gasteiger partial charge in [-0.2, -0.15) is 0 Å². The first-order valence-electron chi connectivity index (χ1n) is 5.22. The molecule has 86 valence electrons. The van der Waals surface area contributed by atoms with Crippen molar-refractivity contribution in [1.82, 2.24) is 0 Å². The van der Waals surface area contributed by atoms with Crippen LogP contribution in [0.15, 0.2) is 0 Å². The molecule has 3 nitrogen and oxygen atoms in total. The van der Waals surface area contributed by atoms with Gasteiger partial charge in [-0.15, -0.1) is 0 Å². The highest BCUT2D eigenvalue weighted by atomic mass is 16.7. The SMILES string of the molecule is COC(OC)C(C)(O)CCCC(C)C. The summed E-state index contributed by atoms with van der Waals surface area (Å²) in [6.45, 7) is 6.11. The van der Waals surface area contributed by atoms with Gasteiger partial charge in [-0.05, 0) is 19.3 Å². The number of rotatable bonds is 7. The highest BCUT2D eigenvalue weighted by molar-refractivity contribution is 4.76. The molecule has 1 atom stereocenters. The Bertz CT molecular complexity index is 139. The van der Waals surface area contributed by atoms with E-state index in [4.69, 9.17) is 9.47 Å². The van der Waals surface area contributed by atoms with Crippen molar-refractivity contribution in [3.8, 4) is 0 Å². The van der Waals surface area contributed by atoms with Crippen molar-refractivity contribution in [1.29, 1.82) is 0 Å². The van der Waals surface area contributed by atoms with Gasteiger partial charge in [0.2, 0.25) is 0 Å². The van der Waals surface area contributed by atoms with Crippen molar-refractivity contribution in [2.45, 2.75) is 51.9 Å². The van der Waals surface area contributed by atoms with Crippen LogP contribution in [0.1, 0.15) is 40.0 Å². The Morgan fingerprint density at radius 1 is 1.21 bits per heavy atom. The summed E-state index contributed by atoms with van der Waals surface area (Å²) in [5.41, 5.74) is -0.890. The molecule has 0 amide bonds. The quantitative estimate of drug-likeness (QED) is 0.646. The molecular weight excluding hydrogens is 180 g/mol. The van der Waals surface area contributed by atoms with Gasteiger partial charge in [0.15, 0.2) is 6.29 Å². The summed E-state index contributed by atoms with van der Waals surface area (Å²) in [5.74, 6) is 0.675. The van der Waals surface area contributed by atoms with Crippen LogP contribution in [0.25, 0.3) is 0 Å². The molecule has 0 bridgehead atoms. The van der Waals surface area contributed by atoms with E-state index in [-0.39, 0.29) is 0 Å². The third kappa shape index (κ3) is 4.94. The number of ether oxygens (including phenoxy) is 2. The molecule has 0 aliphatic carbocycles. The fourth-order valence-corrected chi connectivity index (χ4v) is 1.59. The summed E-state index contributed by atoms with van der Waals surface area (Å²) in [6, 6.07) is 0. The predicted octanol–water partition coefficient (Wildman–Crippen LogP) is 2.18. The first-order chi connectivity index (χ1) is 6.44. The molecule has 0 aromatic carbocycles. The van der Waals surface area contributed by atoms with Gasteiger partial charge in [-0.1, -0.05) is 26.7 Å². The monoisotopic (exact) mass is 204 g/mol. The Labute approximate surface area is 87.4 Å². The summed E-state index contributed by atoms with van der Waals surface area (Å²) in [4.78, 5) is 0. The van der Waals surface area contributed by atoms with E-state index in [1.54, 1.807) is 21.1 Å². The van der Waals surface area contributed by atoms with E-state index >= 15 is 0 Å². The van der Waals surface area contributed by atoms with Crippen LogP contribution in [0, 0.1) is 5.92 Å². The van der Waals surface area contributed by atoms with E-state index < -0.39 is 11.9 Å². The van der Waals surface area contributed by atoms with Crippen molar-refractivity contribution in [2.24, 2.45) is 5.92 Å². The molecule has 1 unspecified atom stereocenters. The maximum absolute atomic E-state index is 10.0. The lowest BCUT2D eigenvalue weighted by Crippen LogP contribution is -2.41. The van der Waals surface area contributed by atoms with Crippen LogP contribution >= 0.6 is 0 Å². The minimum atomic E-state index is -0.890. The minimum Gasteiger partial charge on any atom is -0.385 e.